The average molecular weight is 276 g/mol. The molecule has 19 heavy (non-hydrogen) atoms. The summed E-state index contributed by atoms with van der Waals surface area (Å²) >= 11 is 0. The van der Waals surface area contributed by atoms with Crippen molar-refractivity contribution in [3.05, 3.63) is 35.9 Å². The van der Waals surface area contributed by atoms with Crippen LogP contribution in [0.25, 0.3) is 0 Å². The molecule has 0 saturated heterocycles. The Bertz CT molecular complexity index is 428. The Kier molecular flexibility index (Phi) is 4.26. The van der Waals surface area contributed by atoms with Crippen LogP contribution in [0.15, 0.2) is 30.3 Å². The Labute approximate surface area is 117 Å². The van der Waals surface area contributed by atoms with Gasteiger partial charge in [0, 0.05) is 5.56 Å². The number of benzene rings is 1. The van der Waals surface area contributed by atoms with Crippen molar-refractivity contribution in [3.8, 4) is 0 Å². The molecule has 1 aliphatic rings. The Morgan fingerprint density at radius 2 is 1.63 bits per heavy atom. The lowest BCUT2D eigenvalue weighted by molar-refractivity contribution is 0.0225. The highest BCUT2D eigenvalue weighted by Gasteiger charge is 2.43. The Balaban J connectivity index is 2.30. The van der Waals surface area contributed by atoms with Crippen LogP contribution >= 0.6 is 0 Å². The smallest absolute Gasteiger partial charge is 0.193 e. The number of rotatable bonds is 4. The normalized spacial score (nSPS) is 19.1. The van der Waals surface area contributed by atoms with E-state index in [9.17, 15) is 4.79 Å². The van der Waals surface area contributed by atoms with E-state index in [2.05, 4.69) is 19.6 Å². The van der Waals surface area contributed by atoms with E-state index < -0.39 is 13.9 Å². The van der Waals surface area contributed by atoms with Gasteiger partial charge >= 0.3 is 0 Å². The van der Waals surface area contributed by atoms with Crippen molar-refractivity contribution in [2.45, 2.75) is 57.3 Å². The molecular formula is C16H24O2Si. The van der Waals surface area contributed by atoms with Crippen LogP contribution in [0.2, 0.25) is 19.6 Å². The number of hydrogen-bond donors (Lipinski definition) is 0. The lowest BCUT2D eigenvalue weighted by Gasteiger charge is -2.40. The summed E-state index contributed by atoms with van der Waals surface area (Å²) < 4.78 is 6.37. The molecular weight excluding hydrogens is 252 g/mol. The molecule has 1 aromatic carbocycles. The van der Waals surface area contributed by atoms with Crippen LogP contribution in [-0.4, -0.2) is 19.7 Å². The summed E-state index contributed by atoms with van der Waals surface area (Å²) in [6.07, 6.45) is 5.18. The van der Waals surface area contributed by atoms with E-state index in [1.165, 1.54) is 6.42 Å². The molecule has 104 valence electrons. The van der Waals surface area contributed by atoms with Gasteiger partial charge in [0.15, 0.2) is 14.1 Å². The number of Topliss-reactive ketones (excluding diaryl/α,β-unsaturated/α-hetero) is 1. The maximum atomic E-state index is 12.9. The second-order valence-electron chi connectivity index (χ2n) is 6.46. The molecule has 1 aromatic rings. The van der Waals surface area contributed by atoms with Crippen molar-refractivity contribution in [3.63, 3.8) is 0 Å². The third kappa shape index (κ3) is 3.54. The molecule has 0 bridgehead atoms. The molecule has 0 spiro atoms. The number of carbonyl (C=O) groups excluding carboxylic acids is 1. The summed E-state index contributed by atoms with van der Waals surface area (Å²) in [6, 6.07) is 9.62. The highest BCUT2D eigenvalue weighted by molar-refractivity contribution is 6.70. The van der Waals surface area contributed by atoms with E-state index in [0.29, 0.717) is 0 Å². The van der Waals surface area contributed by atoms with E-state index >= 15 is 0 Å². The molecule has 2 nitrogen and oxygen atoms in total. The molecule has 0 aromatic heterocycles. The van der Waals surface area contributed by atoms with Gasteiger partial charge in [-0.2, -0.15) is 0 Å². The van der Waals surface area contributed by atoms with Gasteiger partial charge in [0.2, 0.25) is 0 Å². The molecule has 1 fully saturated rings. The second kappa shape index (κ2) is 5.59. The molecule has 2 rings (SSSR count). The number of carbonyl (C=O) groups is 1. The number of hydrogen-bond acceptors (Lipinski definition) is 2. The predicted molar refractivity (Wildman–Crippen MR) is 81.0 cm³/mol. The second-order valence-corrected chi connectivity index (χ2v) is 10.9. The Morgan fingerprint density at radius 3 is 2.16 bits per heavy atom. The van der Waals surface area contributed by atoms with Gasteiger partial charge in [0.25, 0.3) is 0 Å². The van der Waals surface area contributed by atoms with Crippen molar-refractivity contribution in [2.75, 3.05) is 0 Å². The summed E-state index contributed by atoms with van der Waals surface area (Å²) in [5.41, 5.74) is 0.243. The van der Waals surface area contributed by atoms with Crippen molar-refractivity contribution < 1.29 is 9.22 Å². The van der Waals surface area contributed by atoms with E-state index in [0.717, 1.165) is 31.2 Å². The quantitative estimate of drug-likeness (QED) is 0.601. The van der Waals surface area contributed by atoms with E-state index in [1.807, 2.05) is 30.3 Å². The third-order valence-corrected chi connectivity index (χ3v) is 4.62. The minimum absolute atomic E-state index is 0.190. The van der Waals surface area contributed by atoms with Gasteiger partial charge in [0.05, 0.1) is 0 Å². The molecule has 0 unspecified atom stereocenters. The zero-order chi connectivity index (χ0) is 13.9. The molecule has 0 N–H and O–H groups in total. The highest BCUT2D eigenvalue weighted by atomic mass is 28.4. The van der Waals surface area contributed by atoms with Crippen LogP contribution in [-0.2, 0) is 4.43 Å². The molecule has 0 radical (unpaired) electrons. The summed E-state index contributed by atoms with van der Waals surface area (Å²) in [6.45, 7) is 6.50. The maximum Gasteiger partial charge on any atom is 0.193 e. The molecule has 0 atom stereocenters. The van der Waals surface area contributed by atoms with E-state index in [-0.39, 0.29) is 5.78 Å². The van der Waals surface area contributed by atoms with Crippen LogP contribution in [0.4, 0.5) is 0 Å². The first-order valence-corrected chi connectivity index (χ1v) is 10.6. The van der Waals surface area contributed by atoms with Crippen LogP contribution in [0.3, 0.4) is 0 Å². The van der Waals surface area contributed by atoms with Gasteiger partial charge in [0.1, 0.15) is 5.60 Å². The largest absolute Gasteiger partial charge is 0.405 e. The summed E-state index contributed by atoms with van der Waals surface area (Å²) in [7, 11) is -1.73. The van der Waals surface area contributed by atoms with Crippen molar-refractivity contribution >= 4 is 14.1 Å². The van der Waals surface area contributed by atoms with Gasteiger partial charge in [-0.25, -0.2) is 0 Å². The van der Waals surface area contributed by atoms with Crippen LogP contribution < -0.4 is 0 Å². The van der Waals surface area contributed by atoms with Gasteiger partial charge < -0.3 is 4.43 Å². The predicted octanol–water partition coefficient (Wildman–Crippen LogP) is 4.42. The Hall–Kier alpha value is -0.933. The highest BCUT2D eigenvalue weighted by Crippen LogP contribution is 2.36. The summed E-state index contributed by atoms with van der Waals surface area (Å²) in [5, 5.41) is 0. The van der Waals surface area contributed by atoms with Gasteiger partial charge in [-0.1, -0.05) is 49.6 Å². The van der Waals surface area contributed by atoms with Crippen molar-refractivity contribution in [1.82, 2.24) is 0 Å². The zero-order valence-corrected chi connectivity index (χ0v) is 13.2. The first kappa shape index (κ1) is 14.5. The molecule has 1 saturated carbocycles. The molecule has 1 aliphatic carbocycles. The Morgan fingerprint density at radius 1 is 1.05 bits per heavy atom. The topological polar surface area (TPSA) is 26.3 Å². The van der Waals surface area contributed by atoms with Crippen LogP contribution in [0, 0.1) is 0 Å². The van der Waals surface area contributed by atoms with Crippen LogP contribution in [0.1, 0.15) is 42.5 Å². The van der Waals surface area contributed by atoms with Crippen molar-refractivity contribution in [2.24, 2.45) is 0 Å². The van der Waals surface area contributed by atoms with Crippen molar-refractivity contribution in [1.29, 1.82) is 0 Å². The van der Waals surface area contributed by atoms with E-state index in [4.69, 9.17) is 4.43 Å². The first-order chi connectivity index (χ1) is 8.93. The standard InChI is InChI=1S/C16H24O2Si/c1-19(2,3)18-16(12-8-5-9-13-16)15(17)14-10-6-4-7-11-14/h4,6-7,10-11H,5,8-9,12-13H2,1-3H3. The minimum Gasteiger partial charge on any atom is -0.405 e. The maximum absolute atomic E-state index is 12.9. The fraction of sp³-hybridized carbons (Fsp3) is 0.562. The molecule has 3 heteroatoms. The monoisotopic (exact) mass is 276 g/mol. The summed E-state index contributed by atoms with van der Waals surface area (Å²) in [4.78, 5) is 12.9. The van der Waals surface area contributed by atoms with Gasteiger partial charge in [-0.15, -0.1) is 0 Å². The van der Waals surface area contributed by atoms with E-state index in [1.54, 1.807) is 0 Å². The lowest BCUT2D eigenvalue weighted by Crippen LogP contribution is -2.50. The van der Waals surface area contributed by atoms with Crippen LogP contribution in [0.5, 0.6) is 0 Å². The summed E-state index contributed by atoms with van der Waals surface area (Å²) in [5.74, 6) is 0.190. The number of ketones is 1. The average Bonchev–Trinajstić information content (AvgIpc) is 2.38. The molecule has 0 aliphatic heterocycles. The fourth-order valence-electron chi connectivity index (χ4n) is 2.94. The molecule has 0 amide bonds. The fourth-order valence-corrected chi connectivity index (χ4v) is 4.41. The first-order valence-electron chi connectivity index (χ1n) is 7.23. The third-order valence-electron chi connectivity index (χ3n) is 3.61. The van der Waals surface area contributed by atoms with Gasteiger partial charge in [-0.05, 0) is 32.5 Å². The molecule has 0 heterocycles. The zero-order valence-electron chi connectivity index (χ0n) is 12.2. The lowest BCUT2D eigenvalue weighted by atomic mass is 9.79. The van der Waals surface area contributed by atoms with Gasteiger partial charge in [-0.3, -0.25) is 4.79 Å². The minimum atomic E-state index is -1.73. The SMILES string of the molecule is C[Si](C)(C)OC1(C(=O)c2ccccc2)CCCCC1.